The van der Waals surface area contributed by atoms with E-state index in [0.717, 1.165) is 5.56 Å². The Hall–Kier alpha value is -2.30. The van der Waals surface area contributed by atoms with E-state index < -0.39 is 5.91 Å². The van der Waals surface area contributed by atoms with Gasteiger partial charge in [0.15, 0.2) is 0 Å². The van der Waals surface area contributed by atoms with Gasteiger partial charge in [0, 0.05) is 17.2 Å². The Morgan fingerprint density at radius 1 is 1.27 bits per heavy atom. The number of amides is 1. The fourth-order valence-corrected chi connectivity index (χ4v) is 1.23. The van der Waals surface area contributed by atoms with Crippen molar-refractivity contribution in [3.05, 3.63) is 35.9 Å². The molecule has 2 rings (SSSR count). The molecule has 5 heteroatoms. The summed E-state index contributed by atoms with van der Waals surface area (Å²) < 4.78 is 4.73. The van der Waals surface area contributed by atoms with Crippen LogP contribution in [0, 0.1) is 0 Å². The number of rotatable bonds is 2. The molecule has 0 aliphatic rings. The van der Waals surface area contributed by atoms with Crippen LogP contribution >= 0.6 is 0 Å². The Bertz CT molecular complexity index is 488. The molecule has 0 fully saturated rings. The molecule has 0 radical (unpaired) electrons. The van der Waals surface area contributed by atoms with E-state index in [2.05, 4.69) is 5.16 Å². The highest BCUT2D eigenvalue weighted by Crippen LogP contribution is 2.20. The van der Waals surface area contributed by atoms with Crippen LogP contribution in [0.15, 0.2) is 34.9 Å². The molecule has 0 aliphatic carbocycles. The average Bonchev–Trinajstić information content (AvgIpc) is 2.65. The van der Waals surface area contributed by atoms with Crippen molar-refractivity contribution < 1.29 is 9.32 Å². The molecule has 0 atom stereocenters. The van der Waals surface area contributed by atoms with E-state index in [0.29, 0.717) is 11.3 Å². The number of nitrogens with zero attached hydrogens (tertiary/aromatic N) is 1. The van der Waals surface area contributed by atoms with Gasteiger partial charge < -0.3 is 16.0 Å². The SMILES string of the molecule is NC(=O)c1ccc(-c2cc(N)on2)cc1. The first-order valence-electron chi connectivity index (χ1n) is 4.29. The van der Waals surface area contributed by atoms with Crippen LogP contribution in [-0.2, 0) is 0 Å². The van der Waals surface area contributed by atoms with E-state index in [4.69, 9.17) is 16.0 Å². The van der Waals surface area contributed by atoms with E-state index in [1.165, 1.54) is 0 Å². The van der Waals surface area contributed by atoms with Gasteiger partial charge in [-0.25, -0.2) is 0 Å². The van der Waals surface area contributed by atoms with Crippen LogP contribution in [0.5, 0.6) is 0 Å². The number of carbonyl (C=O) groups excluding carboxylic acids is 1. The smallest absolute Gasteiger partial charge is 0.248 e. The van der Waals surface area contributed by atoms with Gasteiger partial charge in [-0.3, -0.25) is 4.79 Å². The second-order valence-corrected chi connectivity index (χ2v) is 3.06. The third-order valence-corrected chi connectivity index (χ3v) is 1.99. The van der Waals surface area contributed by atoms with Crippen molar-refractivity contribution in [1.82, 2.24) is 5.16 Å². The summed E-state index contributed by atoms with van der Waals surface area (Å²) in [6.45, 7) is 0. The van der Waals surface area contributed by atoms with Gasteiger partial charge in [0.05, 0.1) is 0 Å². The molecule has 1 aromatic carbocycles. The lowest BCUT2D eigenvalue weighted by molar-refractivity contribution is 0.100. The van der Waals surface area contributed by atoms with E-state index in [1.807, 2.05) is 0 Å². The molecular weight excluding hydrogens is 194 g/mol. The van der Waals surface area contributed by atoms with Crippen LogP contribution in [0.4, 0.5) is 5.88 Å². The first-order chi connectivity index (χ1) is 7.16. The van der Waals surface area contributed by atoms with Crippen molar-refractivity contribution in [1.29, 1.82) is 0 Å². The topological polar surface area (TPSA) is 95.1 Å². The van der Waals surface area contributed by atoms with E-state index in [-0.39, 0.29) is 5.88 Å². The second kappa shape index (κ2) is 3.45. The van der Waals surface area contributed by atoms with Crippen LogP contribution in [0.3, 0.4) is 0 Å². The van der Waals surface area contributed by atoms with Gasteiger partial charge in [-0.2, -0.15) is 0 Å². The molecule has 4 N–H and O–H groups in total. The molecule has 0 unspecified atom stereocenters. The minimum atomic E-state index is -0.457. The van der Waals surface area contributed by atoms with Crippen molar-refractivity contribution in [2.24, 2.45) is 5.73 Å². The standard InChI is InChI=1S/C10H9N3O2/c11-9-5-8(13-15-9)6-1-3-7(4-2-6)10(12)14/h1-5H,11H2,(H2,12,14). The lowest BCUT2D eigenvalue weighted by Gasteiger charge is -1.97. The Kier molecular flexibility index (Phi) is 2.13. The summed E-state index contributed by atoms with van der Waals surface area (Å²) in [4.78, 5) is 10.8. The minimum absolute atomic E-state index is 0.254. The molecule has 5 nitrogen and oxygen atoms in total. The van der Waals surface area contributed by atoms with Crippen LogP contribution in [-0.4, -0.2) is 11.1 Å². The fraction of sp³-hybridized carbons (Fsp3) is 0. The Morgan fingerprint density at radius 2 is 1.93 bits per heavy atom. The van der Waals surface area contributed by atoms with Gasteiger partial charge in [0.1, 0.15) is 5.69 Å². The maximum atomic E-state index is 10.8. The van der Waals surface area contributed by atoms with Gasteiger partial charge in [-0.05, 0) is 12.1 Å². The maximum Gasteiger partial charge on any atom is 0.248 e. The molecular formula is C10H9N3O2. The summed E-state index contributed by atoms with van der Waals surface area (Å²) in [6.07, 6.45) is 0. The minimum Gasteiger partial charge on any atom is -0.368 e. The van der Waals surface area contributed by atoms with Crippen molar-refractivity contribution in [3.8, 4) is 11.3 Å². The summed E-state index contributed by atoms with van der Waals surface area (Å²) >= 11 is 0. The fourth-order valence-electron chi connectivity index (χ4n) is 1.23. The summed E-state index contributed by atoms with van der Waals surface area (Å²) in [6, 6.07) is 8.33. The molecule has 1 heterocycles. The van der Waals surface area contributed by atoms with Gasteiger partial charge in [-0.15, -0.1) is 0 Å². The number of benzene rings is 1. The number of aromatic nitrogens is 1. The molecule has 0 saturated carbocycles. The lowest BCUT2D eigenvalue weighted by atomic mass is 10.1. The monoisotopic (exact) mass is 203 g/mol. The molecule has 2 aromatic rings. The highest BCUT2D eigenvalue weighted by Gasteiger charge is 2.05. The van der Waals surface area contributed by atoms with Crippen LogP contribution in [0.25, 0.3) is 11.3 Å². The average molecular weight is 203 g/mol. The van der Waals surface area contributed by atoms with Crippen LogP contribution in [0.1, 0.15) is 10.4 Å². The molecule has 0 saturated heterocycles. The van der Waals surface area contributed by atoms with Crippen molar-refractivity contribution in [2.75, 3.05) is 5.73 Å². The maximum absolute atomic E-state index is 10.8. The molecule has 76 valence electrons. The van der Waals surface area contributed by atoms with Crippen molar-refractivity contribution in [2.45, 2.75) is 0 Å². The number of carbonyl (C=O) groups is 1. The number of nitrogen functional groups attached to an aromatic ring is 1. The summed E-state index contributed by atoms with van der Waals surface area (Å²) in [5, 5.41) is 3.74. The molecule has 0 aliphatic heterocycles. The number of hydrogen-bond donors (Lipinski definition) is 2. The van der Waals surface area contributed by atoms with Gasteiger partial charge in [0.25, 0.3) is 0 Å². The molecule has 0 bridgehead atoms. The van der Waals surface area contributed by atoms with Crippen LogP contribution < -0.4 is 11.5 Å². The largest absolute Gasteiger partial charge is 0.368 e. The Balaban J connectivity index is 2.35. The predicted octanol–water partition coefficient (Wildman–Crippen LogP) is 1.02. The highest BCUT2D eigenvalue weighted by atomic mass is 16.5. The number of primary amides is 1. The van der Waals surface area contributed by atoms with Gasteiger partial charge in [0.2, 0.25) is 11.8 Å². The van der Waals surface area contributed by atoms with Gasteiger partial charge in [-0.1, -0.05) is 17.3 Å². The first-order valence-corrected chi connectivity index (χ1v) is 4.29. The highest BCUT2D eigenvalue weighted by molar-refractivity contribution is 5.93. The second-order valence-electron chi connectivity index (χ2n) is 3.06. The zero-order chi connectivity index (χ0) is 10.8. The third kappa shape index (κ3) is 1.80. The number of hydrogen-bond acceptors (Lipinski definition) is 4. The first kappa shape index (κ1) is 9.26. The quantitative estimate of drug-likeness (QED) is 0.761. The lowest BCUT2D eigenvalue weighted by Crippen LogP contribution is -2.10. The van der Waals surface area contributed by atoms with E-state index in [1.54, 1.807) is 30.3 Å². The molecule has 15 heavy (non-hydrogen) atoms. The van der Waals surface area contributed by atoms with Crippen LogP contribution in [0.2, 0.25) is 0 Å². The normalized spacial score (nSPS) is 10.1. The molecule has 1 aromatic heterocycles. The summed E-state index contributed by atoms with van der Waals surface area (Å²) in [5.41, 5.74) is 12.4. The summed E-state index contributed by atoms with van der Waals surface area (Å²) in [5.74, 6) is -0.204. The number of nitrogens with two attached hydrogens (primary N) is 2. The Morgan fingerprint density at radius 3 is 2.40 bits per heavy atom. The molecule has 0 spiro atoms. The molecule has 1 amide bonds. The van der Waals surface area contributed by atoms with Crippen molar-refractivity contribution in [3.63, 3.8) is 0 Å². The zero-order valence-corrected chi connectivity index (χ0v) is 7.81. The summed E-state index contributed by atoms with van der Waals surface area (Å²) in [7, 11) is 0. The van der Waals surface area contributed by atoms with Gasteiger partial charge >= 0.3 is 0 Å². The number of anilines is 1. The van der Waals surface area contributed by atoms with E-state index >= 15 is 0 Å². The van der Waals surface area contributed by atoms with E-state index in [9.17, 15) is 4.79 Å². The third-order valence-electron chi connectivity index (χ3n) is 1.99. The Labute approximate surface area is 85.7 Å². The van der Waals surface area contributed by atoms with Crippen molar-refractivity contribution >= 4 is 11.8 Å². The predicted molar refractivity (Wildman–Crippen MR) is 54.9 cm³/mol. The zero-order valence-electron chi connectivity index (χ0n) is 7.81.